The van der Waals surface area contributed by atoms with Crippen molar-refractivity contribution in [1.29, 1.82) is 0 Å². The molecule has 0 fully saturated rings. The predicted octanol–water partition coefficient (Wildman–Crippen LogP) is 5.86. The zero-order valence-corrected chi connectivity index (χ0v) is 20.5. The van der Waals surface area contributed by atoms with E-state index in [4.69, 9.17) is 23.4 Å². The first-order chi connectivity index (χ1) is 14.1. The summed E-state index contributed by atoms with van der Waals surface area (Å²) in [6, 6.07) is 9.40. The molecule has 0 bridgehead atoms. The molecule has 2 rings (SSSR count). The van der Waals surface area contributed by atoms with Crippen molar-refractivity contribution < 1.29 is 23.4 Å². The Bertz CT molecular complexity index is 878. The number of ether oxygens (including phenoxy) is 4. The molecule has 2 aromatic carbocycles. The number of methoxy groups -OCH3 is 4. The molecule has 0 spiro atoms. The quantitative estimate of drug-likeness (QED) is 0.387. The highest BCUT2D eigenvalue weighted by Gasteiger charge is 2.39. The van der Waals surface area contributed by atoms with E-state index < -0.39 is 8.32 Å². The first-order valence-electron chi connectivity index (χ1n) is 9.77. The molecule has 30 heavy (non-hydrogen) atoms. The molecular formula is C23H33NO5Si. The maximum absolute atomic E-state index is 6.48. The van der Waals surface area contributed by atoms with Crippen LogP contribution in [0.15, 0.2) is 35.3 Å². The van der Waals surface area contributed by atoms with Crippen molar-refractivity contribution in [3.63, 3.8) is 0 Å². The topological polar surface area (TPSA) is 58.5 Å². The molecule has 0 amide bonds. The molecule has 0 atom stereocenters. The van der Waals surface area contributed by atoms with Crippen LogP contribution < -0.4 is 23.4 Å². The summed E-state index contributed by atoms with van der Waals surface area (Å²) in [7, 11) is 4.38. The first-order valence-corrected chi connectivity index (χ1v) is 12.7. The molecule has 164 valence electrons. The Labute approximate surface area is 180 Å². The highest BCUT2D eigenvalue weighted by atomic mass is 28.4. The number of aliphatic imine (C=N–C) groups is 1. The summed E-state index contributed by atoms with van der Waals surface area (Å²) in [5.41, 5.74) is 1.59. The van der Waals surface area contributed by atoms with Crippen molar-refractivity contribution in [3.05, 3.63) is 35.9 Å². The van der Waals surface area contributed by atoms with Crippen LogP contribution in [-0.2, 0) is 0 Å². The largest absolute Gasteiger partial charge is 0.541 e. The number of hydrogen-bond acceptors (Lipinski definition) is 6. The summed E-state index contributed by atoms with van der Waals surface area (Å²) in [6.45, 7) is 11.1. The summed E-state index contributed by atoms with van der Waals surface area (Å²) < 4.78 is 28.1. The van der Waals surface area contributed by atoms with E-state index >= 15 is 0 Å². The molecule has 2 aromatic rings. The molecule has 0 radical (unpaired) electrons. The van der Waals surface area contributed by atoms with Crippen molar-refractivity contribution in [2.75, 3.05) is 28.4 Å². The van der Waals surface area contributed by atoms with Gasteiger partial charge in [-0.05, 0) is 41.9 Å². The van der Waals surface area contributed by atoms with Crippen LogP contribution in [0.1, 0.15) is 26.3 Å². The third kappa shape index (κ3) is 5.27. The molecule has 0 saturated carbocycles. The molecule has 0 saturated heterocycles. The summed E-state index contributed by atoms with van der Waals surface area (Å²) >= 11 is 0. The van der Waals surface area contributed by atoms with Gasteiger partial charge in [-0.3, -0.25) is 4.99 Å². The molecular weight excluding hydrogens is 398 g/mol. The predicted molar refractivity (Wildman–Crippen MR) is 124 cm³/mol. The Hall–Kier alpha value is -2.67. The summed E-state index contributed by atoms with van der Waals surface area (Å²) in [4.78, 5) is 4.59. The van der Waals surface area contributed by atoms with Gasteiger partial charge in [-0.1, -0.05) is 20.8 Å². The zero-order valence-electron chi connectivity index (χ0n) is 19.5. The van der Waals surface area contributed by atoms with E-state index in [-0.39, 0.29) is 5.04 Å². The Kier molecular flexibility index (Phi) is 7.42. The fourth-order valence-corrected chi connectivity index (χ4v) is 3.59. The van der Waals surface area contributed by atoms with Crippen LogP contribution in [0.3, 0.4) is 0 Å². The van der Waals surface area contributed by atoms with Gasteiger partial charge in [0.15, 0.2) is 17.2 Å². The average Bonchev–Trinajstić information content (AvgIpc) is 2.70. The van der Waals surface area contributed by atoms with Crippen LogP contribution in [-0.4, -0.2) is 43.0 Å². The Balaban J connectivity index is 2.39. The van der Waals surface area contributed by atoms with Gasteiger partial charge in [0.1, 0.15) is 5.75 Å². The summed E-state index contributed by atoms with van der Waals surface area (Å²) in [5.74, 6) is 3.09. The van der Waals surface area contributed by atoms with E-state index in [1.165, 1.54) is 0 Å². The summed E-state index contributed by atoms with van der Waals surface area (Å²) in [5, 5.41) is 0.0817. The fourth-order valence-electron chi connectivity index (χ4n) is 2.57. The average molecular weight is 432 g/mol. The molecule has 0 N–H and O–H groups in total. The lowest BCUT2D eigenvalue weighted by atomic mass is 10.2. The zero-order chi connectivity index (χ0) is 22.5. The minimum Gasteiger partial charge on any atom is -0.541 e. The van der Waals surface area contributed by atoms with Crippen molar-refractivity contribution >= 4 is 20.2 Å². The maximum Gasteiger partial charge on any atom is 0.250 e. The van der Waals surface area contributed by atoms with Gasteiger partial charge < -0.3 is 23.4 Å². The second kappa shape index (κ2) is 9.43. The lowest BCUT2D eigenvalue weighted by molar-refractivity contribution is 0.324. The van der Waals surface area contributed by atoms with Crippen molar-refractivity contribution in [1.82, 2.24) is 0 Å². The molecule has 0 heterocycles. The number of benzene rings is 2. The Morgan fingerprint density at radius 1 is 0.767 bits per heavy atom. The Morgan fingerprint density at radius 3 is 1.80 bits per heavy atom. The smallest absolute Gasteiger partial charge is 0.250 e. The molecule has 0 aromatic heterocycles. The van der Waals surface area contributed by atoms with Crippen molar-refractivity contribution in [2.45, 2.75) is 38.9 Å². The van der Waals surface area contributed by atoms with Gasteiger partial charge in [0.25, 0.3) is 8.32 Å². The van der Waals surface area contributed by atoms with Gasteiger partial charge in [0.05, 0.1) is 34.1 Å². The van der Waals surface area contributed by atoms with Gasteiger partial charge in [0.2, 0.25) is 5.75 Å². The molecule has 0 unspecified atom stereocenters. The number of hydrogen-bond donors (Lipinski definition) is 0. The third-order valence-electron chi connectivity index (χ3n) is 5.37. The van der Waals surface area contributed by atoms with Crippen molar-refractivity contribution in [2.24, 2.45) is 4.99 Å². The van der Waals surface area contributed by atoms with Crippen LogP contribution in [0.2, 0.25) is 18.1 Å². The number of rotatable bonds is 8. The maximum atomic E-state index is 6.48. The van der Waals surface area contributed by atoms with E-state index in [1.54, 1.807) is 46.8 Å². The molecule has 7 heteroatoms. The highest BCUT2D eigenvalue weighted by molar-refractivity contribution is 6.74. The van der Waals surface area contributed by atoms with Gasteiger partial charge >= 0.3 is 0 Å². The van der Waals surface area contributed by atoms with Crippen LogP contribution in [0.25, 0.3) is 0 Å². The minimum atomic E-state index is -2.01. The van der Waals surface area contributed by atoms with Crippen LogP contribution in [0, 0.1) is 0 Å². The standard InChI is InChI=1S/C23H33NO5Si/c1-23(2,3)30(8,9)29-19-12-16(10-11-18(19)25-4)15-24-17-13-20(26-5)22(28-7)21(14-17)27-6/h10-15H,1-9H3. The second-order valence-electron chi connectivity index (χ2n) is 8.41. The second-order valence-corrected chi connectivity index (χ2v) is 13.1. The van der Waals surface area contributed by atoms with Gasteiger partial charge in [-0.15, -0.1) is 0 Å². The normalized spacial score (nSPS) is 12.0. The van der Waals surface area contributed by atoms with Gasteiger partial charge in [-0.25, -0.2) is 0 Å². The molecule has 0 aliphatic carbocycles. The van der Waals surface area contributed by atoms with Crippen LogP contribution in [0.4, 0.5) is 5.69 Å². The van der Waals surface area contributed by atoms with E-state index in [2.05, 4.69) is 38.9 Å². The van der Waals surface area contributed by atoms with Crippen LogP contribution in [0.5, 0.6) is 28.7 Å². The summed E-state index contributed by atoms with van der Waals surface area (Å²) in [6.07, 6.45) is 1.78. The first kappa shape index (κ1) is 23.6. The minimum absolute atomic E-state index is 0.0817. The molecule has 0 aliphatic heterocycles. The fraction of sp³-hybridized carbons (Fsp3) is 0.435. The van der Waals surface area contributed by atoms with E-state index in [0.717, 1.165) is 11.3 Å². The van der Waals surface area contributed by atoms with E-state index in [9.17, 15) is 0 Å². The molecule has 6 nitrogen and oxygen atoms in total. The van der Waals surface area contributed by atoms with E-state index in [0.29, 0.717) is 28.7 Å². The number of nitrogens with zero attached hydrogens (tertiary/aromatic N) is 1. The molecule has 0 aliphatic rings. The van der Waals surface area contributed by atoms with Gasteiger partial charge in [-0.2, -0.15) is 0 Å². The van der Waals surface area contributed by atoms with Crippen molar-refractivity contribution in [3.8, 4) is 28.7 Å². The lowest BCUT2D eigenvalue weighted by Gasteiger charge is -2.36. The van der Waals surface area contributed by atoms with Crippen LogP contribution >= 0.6 is 0 Å². The monoisotopic (exact) mass is 431 g/mol. The third-order valence-corrected chi connectivity index (χ3v) is 9.71. The SMILES string of the molecule is COc1ccc(C=Nc2cc(OC)c(OC)c(OC)c2)cc1O[Si](C)(C)C(C)(C)C. The highest BCUT2D eigenvalue weighted by Crippen LogP contribution is 2.42. The lowest BCUT2D eigenvalue weighted by Crippen LogP contribution is -2.43. The van der Waals surface area contributed by atoms with Gasteiger partial charge in [0, 0.05) is 18.3 Å². The van der Waals surface area contributed by atoms with E-state index in [1.807, 2.05) is 18.2 Å². The Morgan fingerprint density at radius 2 is 1.33 bits per heavy atom.